The second-order valence-electron chi connectivity index (χ2n) is 6.33. The van der Waals surface area contributed by atoms with Gasteiger partial charge in [0.15, 0.2) is 11.6 Å². The third-order valence-corrected chi connectivity index (χ3v) is 5.15. The average molecular weight is 414 g/mol. The van der Waals surface area contributed by atoms with Crippen LogP contribution in [0.1, 0.15) is 0 Å². The number of hydrogen-bond acceptors (Lipinski definition) is 5. The number of H-pyrrole nitrogens is 1. The standard InChI is InChI=1S/C20H14F2N3O3S/c1-25-10-15(13-6-7-24-19(13)20(25)26)14-9-12(29(23)27)3-5-17(14)28-18-4-2-11(21)8-16(18)22/h2-10,23-24H,1H3/q-1. The van der Waals surface area contributed by atoms with Crippen LogP contribution in [0, 0.1) is 16.4 Å². The molecule has 4 aromatic rings. The maximum absolute atomic E-state index is 14.1. The molecule has 0 amide bonds. The summed E-state index contributed by atoms with van der Waals surface area (Å²) >= 11 is 0. The topological polar surface area (TPSA) is 87.9 Å². The lowest BCUT2D eigenvalue weighted by molar-refractivity contribution is 0.438. The molecule has 0 aliphatic heterocycles. The zero-order chi connectivity index (χ0) is 20.7. The lowest BCUT2D eigenvalue weighted by Gasteiger charge is -2.16. The van der Waals surface area contributed by atoms with Crippen LogP contribution in [0.15, 0.2) is 64.5 Å². The first-order valence-electron chi connectivity index (χ1n) is 8.42. The zero-order valence-corrected chi connectivity index (χ0v) is 15.8. The van der Waals surface area contributed by atoms with Gasteiger partial charge in [-0.3, -0.25) is 4.79 Å². The molecule has 0 bridgehead atoms. The van der Waals surface area contributed by atoms with Gasteiger partial charge in [-0.1, -0.05) is 17.0 Å². The van der Waals surface area contributed by atoms with Crippen molar-refractivity contribution in [3.8, 4) is 22.6 Å². The Morgan fingerprint density at radius 3 is 2.55 bits per heavy atom. The number of halogens is 2. The predicted molar refractivity (Wildman–Crippen MR) is 104 cm³/mol. The van der Waals surface area contributed by atoms with Crippen molar-refractivity contribution in [2.24, 2.45) is 7.05 Å². The van der Waals surface area contributed by atoms with Gasteiger partial charge in [0, 0.05) is 42.0 Å². The van der Waals surface area contributed by atoms with E-state index < -0.39 is 22.2 Å². The second-order valence-corrected chi connectivity index (χ2v) is 7.34. The summed E-state index contributed by atoms with van der Waals surface area (Å²) in [5, 5.41) is 0.588. The fourth-order valence-electron chi connectivity index (χ4n) is 3.08. The van der Waals surface area contributed by atoms with Crippen molar-refractivity contribution in [2.75, 3.05) is 0 Å². The molecule has 2 heterocycles. The van der Waals surface area contributed by atoms with E-state index >= 15 is 0 Å². The van der Waals surface area contributed by atoms with Crippen LogP contribution in [0.4, 0.5) is 8.78 Å². The van der Waals surface area contributed by atoms with Crippen molar-refractivity contribution in [1.29, 1.82) is 4.78 Å². The Morgan fingerprint density at radius 1 is 1.07 bits per heavy atom. The number of aryl methyl sites for hydroxylation is 1. The van der Waals surface area contributed by atoms with Crippen LogP contribution >= 0.6 is 0 Å². The Hall–Kier alpha value is -3.46. The van der Waals surface area contributed by atoms with E-state index in [1.54, 1.807) is 25.5 Å². The molecule has 0 aliphatic carbocycles. The number of hydrogen-bond donors (Lipinski definition) is 2. The quantitative estimate of drug-likeness (QED) is 0.475. The summed E-state index contributed by atoms with van der Waals surface area (Å²) in [5.74, 6) is -1.60. The number of fused-ring (bicyclic) bond motifs is 1. The SMILES string of the molecule is Cn1cc(-c2cc([S-](=N)=O)ccc2Oc2ccc(F)cc2F)c2cc[nH]c2c1=O. The van der Waals surface area contributed by atoms with Gasteiger partial charge in [-0.05, 0) is 24.3 Å². The molecule has 9 heteroatoms. The van der Waals surface area contributed by atoms with Crippen molar-refractivity contribution in [1.82, 2.24) is 9.55 Å². The monoisotopic (exact) mass is 414 g/mol. The van der Waals surface area contributed by atoms with E-state index in [0.29, 0.717) is 28.1 Å². The molecule has 0 atom stereocenters. The molecule has 0 unspecified atom stereocenters. The number of benzene rings is 2. The van der Waals surface area contributed by atoms with Gasteiger partial charge in [-0.15, -0.1) is 0 Å². The van der Waals surface area contributed by atoms with E-state index in [9.17, 15) is 17.8 Å². The lowest BCUT2D eigenvalue weighted by atomic mass is 10.0. The van der Waals surface area contributed by atoms with E-state index in [1.165, 1.54) is 22.8 Å². The third kappa shape index (κ3) is 3.40. The normalized spacial score (nSPS) is 11.3. The third-order valence-electron chi connectivity index (χ3n) is 4.46. The van der Waals surface area contributed by atoms with Gasteiger partial charge in [0.25, 0.3) is 5.56 Å². The maximum atomic E-state index is 14.1. The van der Waals surface area contributed by atoms with Gasteiger partial charge in [0.1, 0.15) is 17.1 Å². The fourth-order valence-corrected chi connectivity index (χ4v) is 3.50. The van der Waals surface area contributed by atoms with Crippen LogP contribution in [0.25, 0.3) is 22.0 Å². The predicted octanol–water partition coefficient (Wildman–Crippen LogP) is 4.69. The van der Waals surface area contributed by atoms with Crippen molar-refractivity contribution < 1.29 is 17.7 Å². The lowest BCUT2D eigenvalue weighted by Crippen LogP contribution is -2.16. The van der Waals surface area contributed by atoms with Crippen molar-refractivity contribution in [3.05, 3.63) is 76.8 Å². The minimum absolute atomic E-state index is 0.192. The molecule has 0 spiro atoms. The molecule has 0 radical (unpaired) electrons. The number of rotatable bonds is 4. The van der Waals surface area contributed by atoms with Crippen molar-refractivity contribution in [3.63, 3.8) is 0 Å². The number of aromatic nitrogens is 2. The van der Waals surface area contributed by atoms with E-state index in [2.05, 4.69) is 4.98 Å². The second kappa shape index (κ2) is 7.17. The molecule has 29 heavy (non-hydrogen) atoms. The Bertz CT molecular complexity index is 1380. The molecular formula is C20H14F2N3O3S-. The van der Waals surface area contributed by atoms with E-state index in [1.807, 2.05) is 0 Å². The smallest absolute Gasteiger partial charge is 0.274 e. The number of aromatic amines is 1. The Morgan fingerprint density at radius 2 is 1.83 bits per heavy atom. The van der Waals surface area contributed by atoms with Gasteiger partial charge in [-0.25, -0.2) is 8.78 Å². The first-order valence-corrected chi connectivity index (χ1v) is 9.57. The van der Waals surface area contributed by atoms with Crippen molar-refractivity contribution in [2.45, 2.75) is 4.90 Å². The summed E-state index contributed by atoms with van der Waals surface area (Å²) in [6.45, 7) is 0. The molecule has 6 nitrogen and oxygen atoms in total. The molecule has 2 aromatic heterocycles. The van der Waals surface area contributed by atoms with E-state index in [0.717, 1.165) is 12.1 Å². The molecule has 0 fully saturated rings. The maximum Gasteiger partial charge on any atom is 0.274 e. The van der Waals surface area contributed by atoms with E-state index in [-0.39, 0.29) is 22.0 Å². The molecule has 148 valence electrons. The number of pyridine rings is 1. The number of nitrogens with one attached hydrogen (secondary N) is 2. The van der Waals surface area contributed by atoms with Gasteiger partial charge < -0.3 is 23.3 Å². The minimum atomic E-state index is -2.01. The highest BCUT2D eigenvalue weighted by Gasteiger charge is 2.16. The first-order chi connectivity index (χ1) is 13.8. The van der Waals surface area contributed by atoms with E-state index in [4.69, 9.17) is 9.52 Å². The van der Waals surface area contributed by atoms with Crippen LogP contribution in [-0.4, -0.2) is 9.55 Å². The summed E-state index contributed by atoms with van der Waals surface area (Å²) in [5.41, 5.74) is 1.10. The molecule has 2 aromatic carbocycles. The fraction of sp³-hybridized carbons (Fsp3) is 0.0500. The summed E-state index contributed by atoms with van der Waals surface area (Å²) in [6.07, 6.45) is 3.20. The Labute approximate surface area is 165 Å². The Balaban J connectivity index is 1.97. The van der Waals surface area contributed by atoms with Crippen LogP contribution in [0.2, 0.25) is 0 Å². The van der Waals surface area contributed by atoms with Gasteiger partial charge in [0.05, 0.1) is 0 Å². The molecular weight excluding hydrogens is 400 g/mol. The van der Waals surface area contributed by atoms with Crippen molar-refractivity contribution >= 4 is 21.5 Å². The van der Waals surface area contributed by atoms with Crippen LogP contribution in [-0.2, 0) is 21.9 Å². The number of ether oxygens (including phenoxy) is 1. The highest BCUT2D eigenvalue weighted by molar-refractivity contribution is 7.73. The van der Waals surface area contributed by atoms with Crippen LogP contribution in [0.5, 0.6) is 11.5 Å². The minimum Gasteiger partial charge on any atom is -0.454 e. The molecule has 0 saturated heterocycles. The largest absolute Gasteiger partial charge is 0.454 e. The van der Waals surface area contributed by atoms with Gasteiger partial charge >= 0.3 is 0 Å². The van der Waals surface area contributed by atoms with Gasteiger partial charge in [-0.2, -0.15) is 10.6 Å². The first kappa shape index (κ1) is 18.9. The van der Waals surface area contributed by atoms with Crippen LogP contribution in [0.3, 0.4) is 0 Å². The number of nitrogens with zero attached hydrogens (tertiary/aromatic N) is 1. The average Bonchev–Trinajstić information content (AvgIpc) is 3.17. The summed E-state index contributed by atoms with van der Waals surface area (Å²) in [4.78, 5) is 15.4. The summed E-state index contributed by atoms with van der Waals surface area (Å²) in [6, 6.07) is 9.03. The van der Waals surface area contributed by atoms with Crippen LogP contribution < -0.4 is 10.3 Å². The zero-order valence-electron chi connectivity index (χ0n) is 15.0. The highest BCUT2D eigenvalue weighted by Crippen LogP contribution is 2.38. The molecule has 2 N–H and O–H groups in total. The molecule has 0 aliphatic rings. The molecule has 0 saturated carbocycles. The van der Waals surface area contributed by atoms with Gasteiger partial charge in [0.2, 0.25) is 0 Å². The Kier molecular flexibility index (Phi) is 4.67. The summed E-state index contributed by atoms with van der Waals surface area (Å²) < 4.78 is 53.6. The highest BCUT2D eigenvalue weighted by atomic mass is 32.2. The summed E-state index contributed by atoms with van der Waals surface area (Å²) in [7, 11) is -0.433. The molecule has 4 rings (SSSR count).